The molecule has 6 aromatic heterocycles. The molecule has 0 bridgehead atoms. The van der Waals surface area contributed by atoms with Crippen molar-refractivity contribution in [3.05, 3.63) is 25.3 Å². The zero-order valence-electron chi connectivity index (χ0n) is 27.2. The molecule has 2 fully saturated rings. The summed E-state index contributed by atoms with van der Waals surface area (Å²) in [5.74, 6) is -1.89. The summed E-state index contributed by atoms with van der Waals surface area (Å²) in [5, 5.41) is 0. The Bertz CT molecular complexity index is 2180. The van der Waals surface area contributed by atoms with E-state index in [4.69, 9.17) is 38.4 Å². The molecule has 2 aliphatic rings. The Kier molecular flexibility index (Phi) is 7.55. The number of fused-ring (bicyclic) bond motifs is 9. The Morgan fingerprint density at radius 3 is 1.48 bits per heavy atom. The molecule has 0 N–H and O–H groups in total. The van der Waals surface area contributed by atoms with E-state index < -0.39 is 60.7 Å². The highest BCUT2D eigenvalue weighted by atomic mass is 16.6. The molecule has 260 valence electrons. The molecule has 6 aromatic rings. The predicted molar refractivity (Wildman–Crippen MR) is 165 cm³/mol. The maximum absolute atomic E-state index is 11.7. The van der Waals surface area contributed by atoms with E-state index in [1.54, 1.807) is 43.2 Å². The van der Waals surface area contributed by atoms with Gasteiger partial charge in [-0.3, -0.25) is 37.1 Å². The quantitative estimate of drug-likeness (QED) is 0.162. The summed E-state index contributed by atoms with van der Waals surface area (Å²) < 4.78 is 40.4. The number of hydrogen-bond donors (Lipinski definition) is 0. The lowest BCUT2D eigenvalue weighted by Crippen LogP contribution is -2.31. The minimum absolute atomic E-state index is 0.0716. The normalized spacial score (nSPS) is 23.8. The molecular weight excluding hydrogens is 660 g/mol. The Morgan fingerprint density at radius 2 is 1.08 bits per heavy atom. The van der Waals surface area contributed by atoms with Crippen LogP contribution in [0.4, 0.5) is 0 Å². The zero-order valence-corrected chi connectivity index (χ0v) is 27.2. The van der Waals surface area contributed by atoms with Crippen LogP contribution >= 0.6 is 0 Å². The van der Waals surface area contributed by atoms with Crippen LogP contribution in [0.15, 0.2) is 25.3 Å². The third kappa shape index (κ3) is 5.32. The molecule has 2 saturated heterocycles. The largest absolute Gasteiger partial charge is 0.463 e. The lowest BCUT2D eigenvalue weighted by molar-refractivity contribution is -0.157. The lowest BCUT2D eigenvalue weighted by atomic mass is 10.2. The summed E-state index contributed by atoms with van der Waals surface area (Å²) in [5.41, 5.74) is 3.90. The first-order chi connectivity index (χ1) is 24.0. The first-order valence-corrected chi connectivity index (χ1v) is 15.7. The molecule has 0 amide bonds. The van der Waals surface area contributed by atoms with Gasteiger partial charge in [0.15, 0.2) is 44.9 Å². The van der Waals surface area contributed by atoms with Crippen LogP contribution in [0.1, 0.15) is 53.0 Å². The van der Waals surface area contributed by atoms with Gasteiger partial charge in [0.2, 0.25) is 0 Å². The minimum Gasteiger partial charge on any atom is -0.463 e. The van der Waals surface area contributed by atoms with E-state index >= 15 is 0 Å². The number of carbonyl (C=O) groups excluding carboxylic acids is 4. The van der Waals surface area contributed by atoms with Crippen molar-refractivity contribution in [2.24, 2.45) is 0 Å². The molecule has 8 heterocycles. The molecule has 20 nitrogen and oxygen atoms in total. The van der Waals surface area contributed by atoms with Gasteiger partial charge in [-0.15, -0.1) is 0 Å². The molecule has 6 atom stereocenters. The van der Waals surface area contributed by atoms with Gasteiger partial charge in [-0.25, -0.2) is 29.9 Å². The van der Waals surface area contributed by atoms with E-state index in [2.05, 4.69) is 19.9 Å². The predicted octanol–water partition coefficient (Wildman–Crippen LogP) is 1.19. The molecular formula is C30H30N10O10. The van der Waals surface area contributed by atoms with Crippen molar-refractivity contribution in [3.8, 4) is 0 Å². The number of hydrogen-bond acceptors (Lipinski definition) is 16. The van der Waals surface area contributed by atoms with Crippen LogP contribution in [0.2, 0.25) is 0 Å². The molecule has 50 heavy (non-hydrogen) atoms. The Balaban J connectivity index is 1.11. The first-order valence-electron chi connectivity index (χ1n) is 15.7. The zero-order chi connectivity index (χ0) is 34.8. The van der Waals surface area contributed by atoms with Gasteiger partial charge in [0.1, 0.15) is 62.7 Å². The van der Waals surface area contributed by atoms with E-state index in [0.29, 0.717) is 57.8 Å². The average Bonchev–Trinajstić information content (AvgIpc) is 3.88. The number of ether oxygens (including phenoxy) is 6. The van der Waals surface area contributed by atoms with Gasteiger partial charge in [0.25, 0.3) is 0 Å². The van der Waals surface area contributed by atoms with E-state index in [9.17, 15) is 19.2 Å². The maximum atomic E-state index is 11.7. The molecule has 20 heteroatoms. The van der Waals surface area contributed by atoms with E-state index in [0.717, 1.165) is 0 Å². The van der Waals surface area contributed by atoms with E-state index in [1.807, 2.05) is 0 Å². The van der Waals surface area contributed by atoms with Crippen molar-refractivity contribution in [3.63, 3.8) is 0 Å². The number of esters is 4. The third-order valence-corrected chi connectivity index (χ3v) is 8.60. The van der Waals surface area contributed by atoms with Gasteiger partial charge < -0.3 is 28.4 Å². The number of aromatic nitrogens is 10. The first kappa shape index (κ1) is 31.5. The second-order valence-electron chi connectivity index (χ2n) is 12.0. The molecule has 2 aliphatic heterocycles. The monoisotopic (exact) mass is 690 g/mol. The van der Waals surface area contributed by atoms with Gasteiger partial charge in [0.05, 0.1) is 12.7 Å². The molecule has 0 unspecified atom stereocenters. The van der Waals surface area contributed by atoms with Crippen LogP contribution in [0.3, 0.4) is 0 Å². The standard InChI is InChI=1S/C30H30N10O10/c1-13(41)45-7-19-17(47-15(3)43)5-21(49-19)37-9-31-23-26(37)33-11-39-28(23)35-25-30(39)40-12-34-27-24(29(40)36-25)32-10-38(27)22-6-18(48-16(4)44)20(50-22)8-46-14(2)42/h9-12,17-22H,5-8H2,1-4H3/t17-,18-,19+,20+,21+,22+/m0/s1. The minimum atomic E-state index is -0.665. The second kappa shape index (κ2) is 12.0. The van der Waals surface area contributed by atoms with E-state index in [1.165, 1.54) is 27.7 Å². The van der Waals surface area contributed by atoms with Crippen LogP contribution in [0, 0.1) is 0 Å². The number of rotatable bonds is 8. The highest BCUT2D eigenvalue weighted by Crippen LogP contribution is 2.36. The van der Waals surface area contributed by atoms with Crippen molar-refractivity contribution in [1.29, 1.82) is 0 Å². The van der Waals surface area contributed by atoms with Crippen molar-refractivity contribution in [2.75, 3.05) is 13.2 Å². The van der Waals surface area contributed by atoms with Crippen LogP contribution in [0.5, 0.6) is 0 Å². The summed E-state index contributed by atoms with van der Waals surface area (Å²) >= 11 is 0. The Hall–Kier alpha value is -5.76. The molecule has 0 aliphatic carbocycles. The Morgan fingerprint density at radius 1 is 0.640 bits per heavy atom. The van der Waals surface area contributed by atoms with Crippen molar-refractivity contribution in [1.82, 2.24) is 47.8 Å². The molecule has 0 aromatic carbocycles. The van der Waals surface area contributed by atoms with Crippen LogP contribution in [-0.2, 0) is 47.6 Å². The van der Waals surface area contributed by atoms with Gasteiger partial charge in [-0.05, 0) is 0 Å². The van der Waals surface area contributed by atoms with Crippen LogP contribution < -0.4 is 0 Å². The lowest BCUT2D eigenvalue weighted by Gasteiger charge is -2.17. The fraction of sp³-hybridized carbons (Fsp3) is 0.467. The third-order valence-electron chi connectivity index (χ3n) is 8.60. The SMILES string of the molecule is CC(=O)OC[C@H]1O[C@@H](n2cnc3c2ncn2c3nc3nc4c5ncn([C@H]6C[C@H](OC(C)=O)[C@@H](COC(C)=O)O6)c5ncn4c32)C[C@@H]1OC(C)=O. The summed E-state index contributed by atoms with van der Waals surface area (Å²) in [6.45, 7) is 5.06. The molecule has 8 rings (SSSR count). The summed E-state index contributed by atoms with van der Waals surface area (Å²) in [7, 11) is 0. The smallest absolute Gasteiger partial charge is 0.303 e. The van der Waals surface area contributed by atoms with Crippen molar-refractivity contribution >= 4 is 68.8 Å². The van der Waals surface area contributed by atoms with Crippen molar-refractivity contribution < 1.29 is 47.6 Å². The number of imidazole rings is 4. The molecule has 0 spiro atoms. The van der Waals surface area contributed by atoms with Gasteiger partial charge in [0, 0.05) is 40.5 Å². The highest BCUT2D eigenvalue weighted by Gasteiger charge is 2.41. The summed E-state index contributed by atoms with van der Waals surface area (Å²) in [6.07, 6.45) is 3.15. The topological polar surface area (TPSA) is 220 Å². The second-order valence-corrected chi connectivity index (χ2v) is 12.0. The summed E-state index contributed by atoms with van der Waals surface area (Å²) in [4.78, 5) is 74.4. The van der Waals surface area contributed by atoms with Crippen LogP contribution in [0.25, 0.3) is 44.9 Å². The fourth-order valence-corrected chi connectivity index (χ4v) is 6.56. The Labute approximate surface area is 280 Å². The number of nitrogens with zero attached hydrogens (tertiary/aromatic N) is 10. The van der Waals surface area contributed by atoms with Gasteiger partial charge in [-0.1, -0.05) is 0 Å². The van der Waals surface area contributed by atoms with E-state index in [-0.39, 0.29) is 13.2 Å². The van der Waals surface area contributed by atoms with Crippen molar-refractivity contribution in [2.45, 2.75) is 77.4 Å². The highest BCUT2D eigenvalue weighted by molar-refractivity contribution is 5.95. The number of carbonyl (C=O) groups is 4. The van der Waals surface area contributed by atoms with Gasteiger partial charge >= 0.3 is 23.9 Å². The van der Waals surface area contributed by atoms with Gasteiger partial charge in [-0.2, -0.15) is 0 Å². The maximum Gasteiger partial charge on any atom is 0.303 e. The average molecular weight is 691 g/mol. The molecule has 0 saturated carbocycles. The fourth-order valence-electron chi connectivity index (χ4n) is 6.56. The van der Waals surface area contributed by atoms with Crippen LogP contribution in [-0.4, -0.2) is 109 Å². The molecule has 0 radical (unpaired) electrons. The summed E-state index contributed by atoms with van der Waals surface area (Å²) in [6, 6.07) is 0.